The maximum absolute atomic E-state index is 12.1. The Bertz CT molecular complexity index is 675. The van der Waals surface area contributed by atoms with E-state index in [1.165, 1.54) is 25.3 Å². The molecule has 1 heterocycles. The van der Waals surface area contributed by atoms with Crippen LogP contribution in [0.4, 0.5) is 4.79 Å². The van der Waals surface area contributed by atoms with Crippen LogP contribution in [0.15, 0.2) is 22.8 Å². The predicted molar refractivity (Wildman–Crippen MR) is 80.5 cm³/mol. The van der Waals surface area contributed by atoms with E-state index < -0.39 is 11.9 Å². The van der Waals surface area contributed by atoms with Gasteiger partial charge in [0, 0.05) is 7.05 Å². The number of rotatable bonds is 1. The number of carbonyl (C=O) groups is 2. The Labute approximate surface area is 130 Å². The van der Waals surface area contributed by atoms with Crippen molar-refractivity contribution in [3.05, 3.63) is 33.4 Å². The van der Waals surface area contributed by atoms with Crippen LogP contribution in [0.1, 0.15) is 12.5 Å². The molecule has 2 rings (SSSR count). The quantitative estimate of drug-likeness (QED) is 0.778. The predicted octanol–water partition coefficient (Wildman–Crippen LogP) is 2.64. The van der Waals surface area contributed by atoms with Crippen molar-refractivity contribution in [2.75, 3.05) is 7.05 Å². The van der Waals surface area contributed by atoms with Crippen LogP contribution in [0.2, 0.25) is 10.0 Å². The van der Waals surface area contributed by atoms with Gasteiger partial charge in [0.15, 0.2) is 5.75 Å². The first kappa shape index (κ1) is 15.3. The summed E-state index contributed by atoms with van der Waals surface area (Å²) in [6.07, 6.45) is 1.44. The van der Waals surface area contributed by atoms with E-state index >= 15 is 0 Å². The minimum Gasteiger partial charge on any atom is -0.505 e. The standard InChI is InChI=1S/C13H11Cl2N3O3/c1-6-17-10(12(20)18(6)13(21)16-2)5-7-3-8(14)11(19)9(15)4-7/h3-5,19H,1-2H3,(H,16,21)/b10-5-. The van der Waals surface area contributed by atoms with Gasteiger partial charge in [-0.15, -0.1) is 0 Å². The number of phenols is 1. The number of halogens is 2. The van der Waals surface area contributed by atoms with Gasteiger partial charge in [-0.3, -0.25) is 4.79 Å². The average Bonchev–Trinajstić information content (AvgIpc) is 2.70. The minimum atomic E-state index is -0.563. The lowest BCUT2D eigenvalue weighted by atomic mass is 10.2. The van der Waals surface area contributed by atoms with Gasteiger partial charge in [0.25, 0.3) is 5.91 Å². The Kier molecular flexibility index (Phi) is 4.20. The van der Waals surface area contributed by atoms with Gasteiger partial charge in [-0.2, -0.15) is 0 Å². The third-order valence-electron chi connectivity index (χ3n) is 2.79. The molecule has 0 spiro atoms. The van der Waals surface area contributed by atoms with Crippen molar-refractivity contribution in [1.29, 1.82) is 0 Å². The average molecular weight is 328 g/mol. The lowest BCUT2D eigenvalue weighted by Crippen LogP contribution is -2.42. The maximum atomic E-state index is 12.1. The number of urea groups is 1. The van der Waals surface area contributed by atoms with E-state index in [1.807, 2.05) is 0 Å². The fourth-order valence-corrected chi connectivity index (χ4v) is 2.31. The number of nitrogens with one attached hydrogen (secondary N) is 1. The van der Waals surface area contributed by atoms with Crippen molar-refractivity contribution >= 4 is 47.1 Å². The van der Waals surface area contributed by atoms with Crippen molar-refractivity contribution in [3.63, 3.8) is 0 Å². The monoisotopic (exact) mass is 327 g/mol. The van der Waals surface area contributed by atoms with Crippen LogP contribution in [0.5, 0.6) is 5.75 Å². The molecular formula is C13H11Cl2N3O3. The fourth-order valence-electron chi connectivity index (χ4n) is 1.80. The van der Waals surface area contributed by atoms with Crippen LogP contribution in [-0.4, -0.2) is 34.8 Å². The first-order chi connectivity index (χ1) is 9.85. The van der Waals surface area contributed by atoms with E-state index in [0.29, 0.717) is 5.56 Å². The Morgan fingerprint density at radius 3 is 2.48 bits per heavy atom. The van der Waals surface area contributed by atoms with E-state index in [0.717, 1.165) is 4.90 Å². The van der Waals surface area contributed by atoms with Crippen LogP contribution >= 0.6 is 23.2 Å². The summed E-state index contributed by atoms with van der Waals surface area (Å²) in [6, 6.07) is 2.32. The zero-order valence-corrected chi connectivity index (χ0v) is 12.7. The number of aliphatic imine (C=N–C) groups is 1. The first-order valence-electron chi connectivity index (χ1n) is 5.86. The minimum absolute atomic E-state index is 0.0589. The second-order valence-corrected chi connectivity index (χ2v) is 5.03. The van der Waals surface area contributed by atoms with Crippen LogP contribution < -0.4 is 5.32 Å². The van der Waals surface area contributed by atoms with Gasteiger partial charge in [-0.1, -0.05) is 23.2 Å². The molecule has 6 nitrogen and oxygen atoms in total. The third kappa shape index (κ3) is 2.86. The molecule has 1 aromatic carbocycles. The Morgan fingerprint density at radius 1 is 1.38 bits per heavy atom. The van der Waals surface area contributed by atoms with Gasteiger partial charge < -0.3 is 10.4 Å². The van der Waals surface area contributed by atoms with Gasteiger partial charge in [-0.25, -0.2) is 14.7 Å². The normalized spacial score (nSPS) is 16.4. The number of imide groups is 1. The Hall–Kier alpha value is -2.05. The van der Waals surface area contributed by atoms with E-state index in [2.05, 4.69) is 10.3 Å². The fraction of sp³-hybridized carbons (Fsp3) is 0.154. The molecule has 0 saturated carbocycles. The summed E-state index contributed by atoms with van der Waals surface area (Å²) in [7, 11) is 1.42. The lowest BCUT2D eigenvalue weighted by Gasteiger charge is -2.12. The number of nitrogens with zero attached hydrogens (tertiary/aromatic N) is 2. The summed E-state index contributed by atoms with van der Waals surface area (Å²) in [5.41, 5.74) is 0.565. The molecule has 1 aromatic rings. The highest BCUT2D eigenvalue weighted by Gasteiger charge is 2.32. The first-order valence-corrected chi connectivity index (χ1v) is 6.62. The number of carbonyl (C=O) groups excluding carboxylic acids is 2. The molecule has 0 unspecified atom stereocenters. The molecule has 8 heteroatoms. The van der Waals surface area contributed by atoms with Crippen molar-refractivity contribution in [3.8, 4) is 5.75 Å². The maximum Gasteiger partial charge on any atom is 0.329 e. The molecular weight excluding hydrogens is 317 g/mol. The number of hydrogen-bond acceptors (Lipinski definition) is 4. The van der Waals surface area contributed by atoms with E-state index in [1.54, 1.807) is 6.92 Å². The highest BCUT2D eigenvalue weighted by molar-refractivity contribution is 6.37. The van der Waals surface area contributed by atoms with Gasteiger partial charge >= 0.3 is 6.03 Å². The second-order valence-electron chi connectivity index (χ2n) is 4.22. The summed E-state index contributed by atoms with van der Waals surface area (Å²) in [6.45, 7) is 1.55. The lowest BCUT2D eigenvalue weighted by molar-refractivity contribution is -0.120. The van der Waals surface area contributed by atoms with E-state index in [9.17, 15) is 14.7 Å². The highest BCUT2D eigenvalue weighted by Crippen LogP contribution is 2.33. The van der Waals surface area contributed by atoms with Gasteiger partial charge in [-0.05, 0) is 30.7 Å². The molecule has 2 N–H and O–H groups in total. The summed E-state index contributed by atoms with van der Waals surface area (Å²) in [5, 5.41) is 12.0. The number of hydrogen-bond donors (Lipinski definition) is 2. The molecule has 0 fully saturated rings. The largest absolute Gasteiger partial charge is 0.505 e. The smallest absolute Gasteiger partial charge is 0.329 e. The molecule has 1 aliphatic rings. The van der Waals surface area contributed by atoms with Gasteiger partial charge in [0.2, 0.25) is 0 Å². The SMILES string of the molecule is CNC(=O)N1C(=O)/C(=C/c2cc(Cl)c(O)c(Cl)c2)N=C1C. The second kappa shape index (κ2) is 5.75. The molecule has 1 aliphatic heterocycles. The molecule has 0 saturated heterocycles. The molecule has 110 valence electrons. The molecule has 0 radical (unpaired) electrons. The molecule has 0 aliphatic carbocycles. The number of amides is 3. The number of phenolic OH excluding ortho intramolecular Hbond substituents is 1. The zero-order chi connectivity index (χ0) is 15.7. The topological polar surface area (TPSA) is 82.0 Å². The van der Waals surface area contributed by atoms with Gasteiger partial charge in [0.05, 0.1) is 10.0 Å². The summed E-state index contributed by atoms with van der Waals surface area (Å²) in [4.78, 5) is 28.7. The molecule has 0 atom stereocenters. The summed E-state index contributed by atoms with van der Waals surface area (Å²) < 4.78 is 0. The van der Waals surface area contributed by atoms with Crippen molar-refractivity contribution in [2.24, 2.45) is 4.99 Å². The number of benzene rings is 1. The van der Waals surface area contributed by atoms with E-state index in [-0.39, 0.29) is 27.3 Å². The van der Waals surface area contributed by atoms with Crippen LogP contribution in [0, 0.1) is 0 Å². The van der Waals surface area contributed by atoms with Gasteiger partial charge in [0.1, 0.15) is 11.5 Å². The Balaban J connectivity index is 2.40. The Morgan fingerprint density at radius 2 is 1.95 bits per heavy atom. The van der Waals surface area contributed by atoms with Crippen molar-refractivity contribution < 1.29 is 14.7 Å². The molecule has 0 aromatic heterocycles. The highest BCUT2D eigenvalue weighted by atomic mass is 35.5. The molecule has 21 heavy (non-hydrogen) atoms. The number of amidine groups is 1. The molecule has 0 bridgehead atoms. The summed E-state index contributed by atoms with van der Waals surface area (Å²) >= 11 is 11.6. The van der Waals surface area contributed by atoms with Crippen LogP contribution in [0.25, 0.3) is 6.08 Å². The van der Waals surface area contributed by atoms with Crippen LogP contribution in [0.3, 0.4) is 0 Å². The zero-order valence-electron chi connectivity index (χ0n) is 11.1. The summed E-state index contributed by atoms with van der Waals surface area (Å²) in [5.74, 6) is -0.515. The van der Waals surface area contributed by atoms with Crippen LogP contribution in [-0.2, 0) is 4.79 Å². The van der Waals surface area contributed by atoms with Crippen molar-refractivity contribution in [2.45, 2.75) is 6.92 Å². The van der Waals surface area contributed by atoms with Crippen molar-refractivity contribution in [1.82, 2.24) is 10.2 Å². The third-order valence-corrected chi connectivity index (χ3v) is 3.36. The van der Waals surface area contributed by atoms with E-state index in [4.69, 9.17) is 23.2 Å². The molecule has 3 amide bonds. The number of aromatic hydroxyl groups is 1.